The maximum atomic E-state index is 13.0. The van der Waals surface area contributed by atoms with Gasteiger partial charge in [0.15, 0.2) is 0 Å². The summed E-state index contributed by atoms with van der Waals surface area (Å²) >= 11 is 0. The van der Waals surface area contributed by atoms with Gasteiger partial charge in [-0.2, -0.15) is 0 Å². The van der Waals surface area contributed by atoms with E-state index in [9.17, 15) is 9.18 Å². The normalized spacial score (nSPS) is 19.0. The van der Waals surface area contributed by atoms with Gasteiger partial charge < -0.3 is 4.74 Å². The summed E-state index contributed by atoms with van der Waals surface area (Å²) in [7, 11) is 0. The zero-order chi connectivity index (χ0) is 14.8. The van der Waals surface area contributed by atoms with Crippen LogP contribution < -0.4 is 0 Å². The Labute approximate surface area is 119 Å². The predicted molar refractivity (Wildman–Crippen MR) is 75.8 cm³/mol. The SMILES string of the molecule is CC(C)(C)OC(=O)N1CCC=CC1c1ccc(F)cc1. The van der Waals surface area contributed by atoms with Gasteiger partial charge in [-0.3, -0.25) is 4.90 Å². The average molecular weight is 277 g/mol. The van der Waals surface area contributed by atoms with Crippen LogP contribution in [-0.2, 0) is 4.74 Å². The van der Waals surface area contributed by atoms with Crippen LogP contribution in [0.2, 0.25) is 0 Å². The Balaban J connectivity index is 2.21. The number of halogens is 1. The Morgan fingerprint density at radius 2 is 1.95 bits per heavy atom. The fourth-order valence-electron chi connectivity index (χ4n) is 2.16. The molecule has 1 heterocycles. The van der Waals surface area contributed by atoms with Crippen LogP contribution in [0.4, 0.5) is 9.18 Å². The molecular formula is C16H20FNO2. The number of hydrogen-bond acceptors (Lipinski definition) is 2. The number of hydrogen-bond donors (Lipinski definition) is 0. The fourth-order valence-corrected chi connectivity index (χ4v) is 2.16. The minimum Gasteiger partial charge on any atom is -0.444 e. The quantitative estimate of drug-likeness (QED) is 0.724. The van der Waals surface area contributed by atoms with Crippen molar-refractivity contribution in [1.29, 1.82) is 0 Å². The van der Waals surface area contributed by atoms with E-state index in [1.807, 2.05) is 32.9 Å². The van der Waals surface area contributed by atoms with E-state index in [-0.39, 0.29) is 18.0 Å². The lowest BCUT2D eigenvalue weighted by Crippen LogP contribution is -2.40. The van der Waals surface area contributed by atoms with Gasteiger partial charge in [0.2, 0.25) is 0 Å². The molecule has 0 saturated heterocycles. The lowest BCUT2D eigenvalue weighted by molar-refractivity contribution is 0.0190. The van der Waals surface area contributed by atoms with Crippen LogP contribution in [0.1, 0.15) is 38.8 Å². The monoisotopic (exact) mass is 277 g/mol. The number of carbonyl (C=O) groups is 1. The molecular weight excluding hydrogens is 257 g/mol. The van der Waals surface area contributed by atoms with Gasteiger partial charge in [-0.05, 0) is 44.9 Å². The van der Waals surface area contributed by atoms with Gasteiger partial charge in [0.25, 0.3) is 0 Å². The summed E-state index contributed by atoms with van der Waals surface area (Å²) in [5, 5.41) is 0. The summed E-state index contributed by atoms with van der Waals surface area (Å²) in [6.45, 7) is 6.14. The number of benzene rings is 1. The molecule has 1 unspecified atom stereocenters. The van der Waals surface area contributed by atoms with E-state index in [2.05, 4.69) is 0 Å². The first-order chi connectivity index (χ1) is 9.37. The molecule has 1 aliphatic heterocycles. The van der Waals surface area contributed by atoms with Gasteiger partial charge >= 0.3 is 6.09 Å². The van der Waals surface area contributed by atoms with E-state index in [0.29, 0.717) is 6.54 Å². The summed E-state index contributed by atoms with van der Waals surface area (Å²) in [6.07, 6.45) is 4.46. The van der Waals surface area contributed by atoms with E-state index in [1.54, 1.807) is 17.0 Å². The number of nitrogens with zero attached hydrogens (tertiary/aromatic N) is 1. The summed E-state index contributed by atoms with van der Waals surface area (Å²) in [5.74, 6) is -0.280. The zero-order valence-corrected chi connectivity index (χ0v) is 12.1. The molecule has 1 aliphatic rings. The average Bonchev–Trinajstić information content (AvgIpc) is 2.38. The minimum absolute atomic E-state index is 0.195. The van der Waals surface area contributed by atoms with E-state index < -0.39 is 5.60 Å². The third-order valence-electron chi connectivity index (χ3n) is 3.03. The molecule has 2 rings (SSSR count). The van der Waals surface area contributed by atoms with Crippen molar-refractivity contribution >= 4 is 6.09 Å². The smallest absolute Gasteiger partial charge is 0.411 e. The molecule has 0 saturated carbocycles. The van der Waals surface area contributed by atoms with Crippen LogP contribution in [0, 0.1) is 5.82 Å². The van der Waals surface area contributed by atoms with Crippen LogP contribution in [0.5, 0.6) is 0 Å². The Hall–Kier alpha value is -1.84. The summed E-state index contributed by atoms with van der Waals surface area (Å²) in [5.41, 5.74) is 0.360. The highest BCUT2D eigenvalue weighted by molar-refractivity contribution is 5.69. The third-order valence-corrected chi connectivity index (χ3v) is 3.03. The van der Waals surface area contributed by atoms with Crippen LogP contribution >= 0.6 is 0 Å². The van der Waals surface area contributed by atoms with Crippen LogP contribution in [0.25, 0.3) is 0 Å². The van der Waals surface area contributed by atoms with Crippen molar-refractivity contribution in [3.63, 3.8) is 0 Å². The second kappa shape index (κ2) is 5.65. The van der Waals surface area contributed by atoms with E-state index in [0.717, 1.165) is 12.0 Å². The number of amides is 1. The van der Waals surface area contributed by atoms with Crippen LogP contribution in [0.15, 0.2) is 36.4 Å². The summed E-state index contributed by atoms with van der Waals surface area (Å²) in [4.78, 5) is 13.9. The molecule has 4 heteroatoms. The minimum atomic E-state index is -0.522. The molecule has 20 heavy (non-hydrogen) atoms. The molecule has 0 fully saturated rings. The highest BCUT2D eigenvalue weighted by Crippen LogP contribution is 2.28. The van der Waals surface area contributed by atoms with Crippen molar-refractivity contribution in [3.05, 3.63) is 47.8 Å². The Bertz CT molecular complexity index is 502. The molecule has 0 N–H and O–H groups in total. The molecule has 1 amide bonds. The maximum absolute atomic E-state index is 13.0. The first-order valence-electron chi connectivity index (χ1n) is 6.78. The molecule has 1 atom stereocenters. The molecule has 0 aromatic heterocycles. The van der Waals surface area contributed by atoms with Crippen molar-refractivity contribution in [2.75, 3.05) is 6.54 Å². The lowest BCUT2D eigenvalue weighted by Gasteiger charge is -2.34. The first-order valence-corrected chi connectivity index (χ1v) is 6.78. The van der Waals surface area contributed by atoms with E-state index in [1.165, 1.54) is 12.1 Å². The van der Waals surface area contributed by atoms with Crippen molar-refractivity contribution in [3.8, 4) is 0 Å². The molecule has 1 aromatic carbocycles. The first kappa shape index (κ1) is 14.6. The predicted octanol–water partition coefficient (Wildman–Crippen LogP) is 4.06. The maximum Gasteiger partial charge on any atom is 0.411 e. The summed E-state index contributed by atoms with van der Waals surface area (Å²) in [6, 6.07) is 6.02. The molecule has 0 aliphatic carbocycles. The van der Waals surface area contributed by atoms with Gasteiger partial charge in [0.1, 0.15) is 11.4 Å². The number of carbonyl (C=O) groups excluding carboxylic acids is 1. The fraction of sp³-hybridized carbons (Fsp3) is 0.438. The molecule has 0 radical (unpaired) electrons. The Kier molecular flexibility index (Phi) is 4.12. The van der Waals surface area contributed by atoms with Crippen molar-refractivity contribution in [2.24, 2.45) is 0 Å². The lowest BCUT2D eigenvalue weighted by atomic mass is 10.0. The molecule has 108 valence electrons. The van der Waals surface area contributed by atoms with Crippen molar-refractivity contribution in [2.45, 2.75) is 38.8 Å². The van der Waals surface area contributed by atoms with Crippen molar-refractivity contribution in [1.82, 2.24) is 4.90 Å². The Morgan fingerprint density at radius 3 is 2.55 bits per heavy atom. The van der Waals surface area contributed by atoms with Gasteiger partial charge in [0, 0.05) is 6.54 Å². The standard InChI is InChI=1S/C16H20FNO2/c1-16(2,3)20-15(19)18-11-5-4-6-14(18)12-7-9-13(17)10-8-12/h4,6-10,14H,5,11H2,1-3H3. The largest absolute Gasteiger partial charge is 0.444 e. The van der Waals surface area contributed by atoms with Crippen molar-refractivity contribution < 1.29 is 13.9 Å². The zero-order valence-electron chi connectivity index (χ0n) is 12.1. The highest BCUT2D eigenvalue weighted by atomic mass is 19.1. The van der Waals surface area contributed by atoms with Gasteiger partial charge in [-0.25, -0.2) is 9.18 Å². The topological polar surface area (TPSA) is 29.5 Å². The van der Waals surface area contributed by atoms with Crippen LogP contribution in [0.3, 0.4) is 0 Å². The van der Waals surface area contributed by atoms with E-state index in [4.69, 9.17) is 4.74 Å². The highest BCUT2D eigenvalue weighted by Gasteiger charge is 2.29. The number of ether oxygens (including phenoxy) is 1. The van der Waals surface area contributed by atoms with Gasteiger partial charge in [-0.15, -0.1) is 0 Å². The van der Waals surface area contributed by atoms with Crippen LogP contribution in [-0.4, -0.2) is 23.1 Å². The molecule has 0 spiro atoms. The second-order valence-corrected chi connectivity index (χ2v) is 5.89. The Morgan fingerprint density at radius 1 is 1.30 bits per heavy atom. The van der Waals surface area contributed by atoms with Gasteiger partial charge in [-0.1, -0.05) is 24.3 Å². The number of rotatable bonds is 1. The molecule has 3 nitrogen and oxygen atoms in total. The molecule has 1 aromatic rings. The van der Waals surface area contributed by atoms with Gasteiger partial charge in [0.05, 0.1) is 6.04 Å². The second-order valence-electron chi connectivity index (χ2n) is 5.89. The van der Waals surface area contributed by atoms with E-state index >= 15 is 0 Å². The molecule has 0 bridgehead atoms. The third kappa shape index (κ3) is 3.59. The summed E-state index contributed by atoms with van der Waals surface area (Å²) < 4.78 is 18.4.